The number of anilines is 2. The predicted molar refractivity (Wildman–Crippen MR) is 154 cm³/mol. The summed E-state index contributed by atoms with van der Waals surface area (Å²) in [5.74, 6) is 0.642. The van der Waals surface area contributed by atoms with E-state index >= 15 is 0 Å². The van der Waals surface area contributed by atoms with E-state index in [9.17, 15) is 9.90 Å². The maximum absolute atomic E-state index is 12.1. The standard InChI is InChI=1S/C30H40N6O3/c1-22(39-2)20-36(17-7-6-12-25-14-13-24-11-8-16-31-29(24)34-25)18-15-26(30(37)38)35-28-19-27(32-21-33-28)23-9-4-3-5-10-23/h3-5,9-10,13-14,19,21-22,26H,6-8,11-12,15-18,20H2,1-2H3,(H,31,34)(H,37,38)(H,32,33,35)/t22-,26+/m1/s1. The van der Waals surface area contributed by atoms with Crippen LogP contribution >= 0.6 is 0 Å². The predicted octanol–water partition coefficient (Wildman–Crippen LogP) is 4.51. The molecule has 0 radical (unpaired) electrons. The van der Waals surface area contributed by atoms with Crippen LogP contribution < -0.4 is 10.6 Å². The van der Waals surface area contributed by atoms with E-state index in [0.29, 0.717) is 18.8 Å². The zero-order valence-corrected chi connectivity index (χ0v) is 23.0. The lowest BCUT2D eigenvalue weighted by Crippen LogP contribution is -2.38. The summed E-state index contributed by atoms with van der Waals surface area (Å²) in [5, 5.41) is 16.4. The fourth-order valence-corrected chi connectivity index (χ4v) is 4.83. The molecule has 0 fully saturated rings. The first-order chi connectivity index (χ1) is 19.0. The molecule has 4 rings (SSSR count). The van der Waals surface area contributed by atoms with Gasteiger partial charge in [0.15, 0.2) is 0 Å². The minimum absolute atomic E-state index is 0.0601. The Morgan fingerprint density at radius 3 is 2.79 bits per heavy atom. The number of carbonyl (C=O) groups is 1. The summed E-state index contributed by atoms with van der Waals surface area (Å²) in [7, 11) is 1.71. The first-order valence-electron chi connectivity index (χ1n) is 13.9. The molecule has 0 spiro atoms. The Kier molecular flexibility index (Phi) is 10.6. The molecule has 0 unspecified atom stereocenters. The van der Waals surface area contributed by atoms with Crippen molar-refractivity contribution in [2.75, 3.05) is 43.9 Å². The number of nitrogens with zero attached hydrogens (tertiary/aromatic N) is 4. The molecule has 1 aliphatic rings. The molecular formula is C30H40N6O3. The van der Waals surface area contributed by atoms with Gasteiger partial charge in [0.1, 0.15) is 24.0 Å². The van der Waals surface area contributed by atoms with Gasteiger partial charge in [0.05, 0.1) is 11.8 Å². The number of benzene rings is 1. The smallest absolute Gasteiger partial charge is 0.326 e. The van der Waals surface area contributed by atoms with Crippen LogP contribution in [0.25, 0.3) is 11.3 Å². The molecule has 1 aliphatic heterocycles. The molecular weight excluding hydrogens is 492 g/mol. The normalized spacial score (nSPS) is 14.3. The molecule has 0 bridgehead atoms. The van der Waals surface area contributed by atoms with E-state index in [-0.39, 0.29) is 6.10 Å². The van der Waals surface area contributed by atoms with Crippen LogP contribution in [0.15, 0.2) is 54.9 Å². The SMILES string of the molecule is CO[C@H](C)CN(CCCCc1ccc2c(n1)NCCC2)CC[C@H](Nc1cc(-c2ccccc2)ncn1)C(=O)O. The van der Waals surface area contributed by atoms with E-state index in [2.05, 4.69) is 37.6 Å². The summed E-state index contributed by atoms with van der Waals surface area (Å²) in [6, 6.07) is 15.1. The Bertz CT molecular complexity index is 1190. The molecule has 3 heterocycles. The fourth-order valence-electron chi connectivity index (χ4n) is 4.83. The monoisotopic (exact) mass is 532 g/mol. The maximum Gasteiger partial charge on any atom is 0.326 e. The second kappa shape index (κ2) is 14.6. The molecule has 39 heavy (non-hydrogen) atoms. The fraction of sp³-hybridized carbons (Fsp3) is 0.467. The highest BCUT2D eigenvalue weighted by atomic mass is 16.5. The van der Waals surface area contributed by atoms with Crippen molar-refractivity contribution >= 4 is 17.6 Å². The molecule has 208 valence electrons. The third-order valence-corrected chi connectivity index (χ3v) is 7.12. The molecule has 2 aromatic heterocycles. The minimum atomic E-state index is -0.901. The molecule has 3 N–H and O–H groups in total. The molecule has 0 aliphatic carbocycles. The summed E-state index contributed by atoms with van der Waals surface area (Å²) >= 11 is 0. The van der Waals surface area contributed by atoms with E-state index < -0.39 is 12.0 Å². The van der Waals surface area contributed by atoms with Gasteiger partial charge in [-0.2, -0.15) is 0 Å². The average molecular weight is 533 g/mol. The van der Waals surface area contributed by atoms with Crippen molar-refractivity contribution in [1.29, 1.82) is 0 Å². The topological polar surface area (TPSA) is 113 Å². The highest BCUT2D eigenvalue weighted by Crippen LogP contribution is 2.21. The van der Waals surface area contributed by atoms with Crippen molar-refractivity contribution in [3.8, 4) is 11.3 Å². The molecule has 0 saturated carbocycles. The number of carboxylic acid groups (broad SMARTS) is 1. The molecule has 0 amide bonds. The van der Waals surface area contributed by atoms with Gasteiger partial charge in [-0.05, 0) is 63.6 Å². The number of unbranched alkanes of at least 4 members (excludes halogenated alkanes) is 1. The lowest BCUT2D eigenvalue weighted by molar-refractivity contribution is -0.138. The number of hydrogen-bond acceptors (Lipinski definition) is 8. The first-order valence-corrected chi connectivity index (χ1v) is 13.9. The van der Waals surface area contributed by atoms with Crippen molar-refractivity contribution in [2.24, 2.45) is 0 Å². The summed E-state index contributed by atoms with van der Waals surface area (Å²) in [4.78, 5) is 27.8. The summed E-state index contributed by atoms with van der Waals surface area (Å²) < 4.78 is 5.51. The van der Waals surface area contributed by atoms with Crippen LogP contribution in [0.2, 0.25) is 0 Å². The number of aryl methyl sites for hydroxylation is 2. The third-order valence-electron chi connectivity index (χ3n) is 7.12. The maximum atomic E-state index is 12.1. The van der Waals surface area contributed by atoms with Crippen LogP contribution in [0.5, 0.6) is 0 Å². The van der Waals surface area contributed by atoms with Crippen molar-refractivity contribution in [3.05, 3.63) is 66.1 Å². The number of rotatable bonds is 15. The number of ether oxygens (including phenoxy) is 1. The van der Waals surface area contributed by atoms with Gasteiger partial charge in [-0.1, -0.05) is 36.4 Å². The van der Waals surface area contributed by atoms with Crippen LogP contribution in [-0.4, -0.2) is 76.4 Å². The van der Waals surface area contributed by atoms with Crippen molar-refractivity contribution in [1.82, 2.24) is 19.9 Å². The van der Waals surface area contributed by atoms with Gasteiger partial charge in [-0.15, -0.1) is 0 Å². The highest BCUT2D eigenvalue weighted by molar-refractivity contribution is 5.77. The number of aromatic nitrogens is 3. The Labute approximate surface area is 231 Å². The van der Waals surface area contributed by atoms with E-state index in [1.54, 1.807) is 13.2 Å². The number of carboxylic acids is 1. The Balaban J connectivity index is 1.30. The molecule has 9 nitrogen and oxygen atoms in total. The van der Waals surface area contributed by atoms with Crippen LogP contribution in [0.1, 0.15) is 43.9 Å². The molecule has 2 atom stereocenters. The number of methoxy groups -OCH3 is 1. The van der Waals surface area contributed by atoms with Gasteiger partial charge >= 0.3 is 5.97 Å². The highest BCUT2D eigenvalue weighted by Gasteiger charge is 2.20. The number of hydrogen-bond donors (Lipinski definition) is 3. The van der Waals surface area contributed by atoms with E-state index in [1.807, 2.05) is 37.3 Å². The van der Waals surface area contributed by atoms with Crippen LogP contribution in [0.4, 0.5) is 11.6 Å². The van der Waals surface area contributed by atoms with E-state index in [0.717, 1.165) is 74.5 Å². The number of fused-ring (bicyclic) bond motifs is 1. The third kappa shape index (κ3) is 8.73. The summed E-state index contributed by atoms with van der Waals surface area (Å²) in [6.07, 6.45) is 7.17. The largest absolute Gasteiger partial charge is 0.480 e. The van der Waals surface area contributed by atoms with Crippen molar-refractivity contribution in [2.45, 2.75) is 57.6 Å². The zero-order valence-electron chi connectivity index (χ0n) is 23.0. The Hall–Kier alpha value is -3.56. The average Bonchev–Trinajstić information content (AvgIpc) is 2.97. The van der Waals surface area contributed by atoms with Gasteiger partial charge < -0.3 is 25.4 Å². The molecule has 0 saturated heterocycles. The van der Waals surface area contributed by atoms with Gasteiger partial charge in [0.25, 0.3) is 0 Å². The van der Waals surface area contributed by atoms with Crippen LogP contribution in [0, 0.1) is 0 Å². The lowest BCUT2D eigenvalue weighted by Gasteiger charge is -2.27. The van der Waals surface area contributed by atoms with Crippen molar-refractivity contribution < 1.29 is 14.6 Å². The summed E-state index contributed by atoms with van der Waals surface area (Å²) in [6.45, 7) is 5.28. The van der Waals surface area contributed by atoms with Gasteiger partial charge in [0, 0.05) is 44.1 Å². The second-order valence-electron chi connectivity index (χ2n) is 10.1. The van der Waals surface area contributed by atoms with E-state index in [4.69, 9.17) is 9.72 Å². The Morgan fingerprint density at radius 1 is 1.15 bits per heavy atom. The second-order valence-corrected chi connectivity index (χ2v) is 10.1. The number of pyridine rings is 1. The number of nitrogens with one attached hydrogen (secondary N) is 2. The van der Waals surface area contributed by atoms with Crippen molar-refractivity contribution in [3.63, 3.8) is 0 Å². The number of aliphatic carboxylic acids is 1. The molecule has 3 aromatic rings. The van der Waals surface area contributed by atoms with Crippen LogP contribution in [-0.2, 0) is 22.4 Å². The summed E-state index contributed by atoms with van der Waals surface area (Å²) in [5.41, 5.74) is 4.13. The Morgan fingerprint density at radius 2 is 2.00 bits per heavy atom. The van der Waals surface area contributed by atoms with Gasteiger partial charge in [0.2, 0.25) is 0 Å². The van der Waals surface area contributed by atoms with Gasteiger partial charge in [-0.3, -0.25) is 0 Å². The molecule has 9 heteroatoms. The lowest BCUT2D eigenvalue weighted by atomic mass is 10.1. The van der Waals surface area contributed by atoms with E-state index in [1.165, 1.54) is 11.9 Å². The first kappa shape index (κ1) is 28.4. The molecule has 1 aromatic carbocycles. The minimum Gasteiger partial charge on any atom is -0.480 e. The quantitative estimate of drug-likeness (QED) is 0.243. The van der Waals surface area contributed by atoms with Gasteiger partial charge in [-0.25, -0.2) is 19.7 Å². The van der Waals surface area contributed by atoms with Crippen LogP contribution in [0.3, 0.4) is 0 Å². The zero-order chi connectivity index (χ0) is 27.5.